The van der Waals surface area contributed by atoms with Crippen LogP contribution in [0.5, 0.6) is 0 Å². The van der Waals surface area contributed by atoms with Gasteiger partial charge >= 0.3 is 0 Å². The lowest BCUT2D eigenvalue weighted by molar-refractivity contribution is -0.133. The average Bonchev–Trinajstić information content (AvgIpc) is 2.28. The number of amides is 1. The second-order valence-corrected chi connectivity index (χ2v) is 5.39. The molecule has 0 spiro atoms. The molecule has 1 aliphatic heterocycles. The van der Waals surface area contributed by atoms with Crippen molar-refractivity contribution in [2.45, 2.75) is 45.2 Å². The number of rotatable bonds is 2. The number of carbonyl (C=O) groups excluding carboxylic acids is 1. The molecule has 98 valence electrons. The number of benzene rings is 1. The molecule has 1 amide bonds. The van der Waals surface area contributed by atoms with E-state index in [1.807, 2.05) is 17.0 Å². The van der Waals surface area contributed by atoms with Crippen LogP contribution in [-0.2, 0) is 11.2 Å². The van der Waals surface area contributed by atoms with Crippen LogP contribution >= 0.6 is 0 Å². The quantitative estimate of drug-likeness (QED) is 0.866. The van der Waals surface area contributed by atoms with Crippen LogP contribution in [-0.4, -0.2) is 29.4 Å². The van der Waals surface area contributed by atoms with E-state index in [4.69, 9.17) is 5.73 Å². The molecular weight excluding hydrogens is 224 g/mol. The van der Waals surface area contributed by atoms with Crippen LogP contribution in [0.25, 0.3) is 0 Å². The third-order valence-corrected chi connectivity index (χ3v) is 3.67. The van der Waals surface area contributed by atoms with Gasteiger partial charge in [-0.1, -0.05) is 29.8 Å². The fraction of sp³-hybridized carbons (Fsp3) is 0.533. The molecule has 1 aromatic carbocycles. The van der Waals surface area contributed by atoms with E-state index in [2.05, 4.69) is 26.0 Å². The van der Waals surface area contributed by atoms with Gasteiger partial charge in [-0.15, -0.1) is 0 Å². The summed E-state index contributed by atoms with van der Waals surface area (Å²) in [5.41, 5.74) is 8.22. The Bertz CT molecular complexity index is 430. The molecule has 2 rings (SSSR count). The molecule has 3 heteroatoms. The molecule has 1 aliphatic rings. The molecule has 0 aliphatic carbocycles. The Hall–Kier alpha value is -1.35. The van der Waals surface area contributed by atoms with Gasteiger partial charge in [0.25, 0.3) is 0 Å². The number of piperidine rings is 1. The smallest absolute Gasteiger partial charge is 0.227 e. The van der Waals surface area contributed by atoms with Crippen LogP contribution in [0.15, 0.2) is 24.3 Å². The van der Waals surface area contributed by atoms with Crippen molar-refractivity contribution in [3.8, 4) is 0 Å². The first-order chi connectivity index (χ1) is 8.56. The van der Waals surface area contributed by atoms with Crippen LogP contribution < -0.4 is 5.73 Å². The van der Waals surface area contributed by atoms with Crippen molar-refractivity contribution < 1.29 is 4.79 Å². The molecule has 1 heterocycles. The lowest BCUT2D eigenvalue weighted by Crippen LogP contribution is -2.48. The van der Waals surface area contributed by atoms with Gasteiger partial charge in [0, 0.05) is 18.6 Å². The maximum Gasteiger partial charge on any atom is 0.227 e. The summed E-state index contributed by atoms with van der Waals surface area (Å²) in [4.78, 5) is 14.3. The molecule has 0 saturated carbocycles. The molecule has 3 nitrogen and oxygen atoms in total. The van der Waals surface area contributed by atoms with Crippen molar-refractivity contribution in [1.82, 2.24) is 4.90 Å². The third kappa shape index (κ3) is 3.10. The Kier molecular flexibility index (Phi) is 4.02. The minimum atomic E-state index is 0.222. The maximum atomic E-state index is 12.3. The lowest BCUT2D eigenvalue weighted by atomic mass is 9.98. The summed E-state index contributed by atoms with van der Waals surface area (Å²) in [7, 11) is 0. The van der Waals surface area contributed by atoms with E-state index in [1.54, 1.807) is 0 Å². The fourth-order valence-corrected chi connectivity index (χ4v) is 2.68. The molecule has 2 unspecified atom stereocenters. The largest absolute Gasteiger partial charge is 0.340 e. The van der Waals surface area contributed by atoms with Crippen LogP contribution in [0.4, 0.5) is 0 Å². The van der Waals surface area contributed by atoms with Gasteiger partial charge < -0.3 is 10.6 Å². The van der Waals surface area contributed by atoms with Gasteiger partial charge in [0.1, 0.15) is 0 Å². The van der Waals surface area contributed by atoms with Gasteiger partial charge in [0.2, 0.25) is 5.91 Å². The Morgan fingerprint density at radius 1 is 1.50 bits per heavy atom. The number of hydrogen-bond acceptors (Lipinski definition) is 2. The molecular formula is C15H22N2O. The van der Waals surface area contributed by atoms with E-state index in [1.165, 1.54) is 5.56 Å². The highest BCUT2D eigenvalue weighted by atomic mass is 16.2. The number of carbonyl (C=O) groups is 1. The summed E-state index contributed by atoms with van der Waals surface area (Å²) < 4.78 is 0. The maximum absolute atomic E-state index is 12.3. The average molecular weight is 246 g/mol. The van der Waals surface area contributed by atoms with Crippen molar-refractivity contribution in [3.05, 3.63) is 35.4 Å². The summed E-state index contributed by atoms with van der Waals surface area (Å²) in [6, 6.07) is 8.68. The normalized spacial score (nSPS) is 24.1. The van der Waals surface area contributed by atoms with Gasteiger partial charge in [-0.3, -0.25) is 4.79 Å². The second kappa shape index (κ2) is 5.53. The Labute approximate surface area is 109 Å². The lowest BCUT2D eigenvalue weighted by Gasteiger charge is -2.36. The Morgan fingerprint density at radius 3 is 2.94 bits per heavy atom. The number of aryl methyl sites for hydroxylation is 1. The summed E-state index contributed by atoms with van der Waals surface area (Å²) >= 11 is 0. The van der Waals surface area contributed by atoms with Crippen molar-refractivity contribution in [3.63, 3.8) is 0 Å². The fourth-order valence-electron chi connectivity index (χ4n) is 2.68. The van der Waals surface area contributed by atoms with Gasteiger partial charge in [-0.2, -0.15) is 0 Å². The Morgan fingerprint density at radius 2 is 2.28 bits per heavy atom. The number of nitrogens with zero attached hydrogens (tertiary/aromatic N) is 1. The molecule has 1 fully saturated rings. The minimum absolute atomic E-state index is 0.222. The van der Waals surface area contributed by atoms with Gasteiger partial charge in [0.05, 0.1) is 6.42 Å². The van der Waals surface area contributed by atoms with Gasteiger partial charge in [-0.25, -0.2) is 0 Å². The monoisotopic (exact) mass is 246 g/mol. The van der Waals surface area contributed by atoms with E-state index in [0.29, 0.717) is 6.42 Å². The molecule has 2 atom stereocenters. The first-order valence-corrected chi connectivity index (χ1v) is 6.67. The standard InChI is InChI=1S/C15H22N2O/c1-11-4-3-5-13(8-11)10-15(18)17-7-6-14(16)9-12(17)2/h3-5,8,12,14H,6-7,9-10,16H2,1-2H3. The second-order valence-electron chi connectivity index (χ2n) is 5.39. The minimum Gasteiger partial charge on any atom is -0.340 e. The van der Waals surface area contributed by atoms with E-state index >= 15 is 0 Å². The summed E-state index contributed by atoms with van der Waals surface area (Å²) in [6.45, 7) is 4.94. The zero-order chi connectivity index (χ0) is 13.1. The summed E-state index contributed by atoms with van der Waals surface area (Å²) in [5, 5.41) is 0. The number of likely N-dealkylation sites (tertiary alicyclic amines) is 1. The molecule has 2 N–H and O–H groups in total. The van der Waals surface area contributed by atoms with Crippen molar-refractivity contribution >= 4 is 5.91 Å². The number of nitrogens with two attached hydrogens (primary N) is 1. The van der Waals surface area contributed by atoms with E-state index in [-0.39, 0.29) is 18.0 Å². The zero-order valence-corrected chi connectivity index (χ0v) is 11.2. The molecule has 0 radical (unpaired) electrons. The highest BCUT2D eigenvalue weighted by Crippen LogP contribution is 2.17. The molecule has 0 bridgehead atoms. The van der Waals surface area contributed by atoms with Crippen molar-refractivity contribution in [2.24, 2.45) is 5.73 Å². The van der Waals surface area contributed by atoms with E-state index in [9.17, 15) is 4.79 Å². The predicted octanol–water partition coefficient (Wildman–Crippen LogP) is 1.88. The van der Waals surface area contributed by atoms with Gasteiger partial charge in [0.15, 0.2) is 0 Å². The molecule has 0 aromatic heterocycles. The molecule has 1 saturated heterocycles. The predicted molar refractivity (Wildman–Crippen MR) is 73.3 cm³/mol. The van der Waals surface area contributed by atoms with Crippen LogP contribution in [0, 0.1) is 6.92 Å². The number of hydrogen-bond donors (Lipinski definition) is 1. The SMILES string of the molecule is Cc1cccc(CC(=O)N2CCC(N)CC2C)c1. The van der Waals surface area contributed by atoms with Crippen LogP contribution in [0.3, 0.4) is 0 Å². The van der Waals surface area contributed by atoms with E-state index in [0.717, 1.165) is 24.9 Å². The molecule has 1 aromatic rings. The highest BCUT2D eigenvalue weighted by molar-refractivity contribution is 5.79. The zero-order valence-electron chi connectivity index (χ0n) is 11.2. The third-order valence-electron chi connectivity index (χ3n) is 3.67. The van der Waals surface area contributed by atoms with Crippen molar-refractivity contribution in [2.75, 3.05) is 6.54 Å². The van der Waals surface area contributed by atoms with Crippen molar-refractivity contribution in [1.29, 1.82) is 0 Å². The Balaban J connectivity index is 1.99. The van der Waals surface area contributed by atoms with Crippen LogP contribution in [0.2, 0.25) is 0 Å². The van der Waals surface area contributed by atoms with Gasteiger partial charge in [-0.05, 0) is 32.3 Å². The molecule has 18 heavy (non-hydrogen) atoms. The summed E-state index contributed by atoms with van der Waals surface area (Å²) in [6.07, 6.45) is 2.34. The first-order valence-electron chi connectivity index (χ1n) is 6.67. The summed E-state index contributed by atoms with van der Waals surface area (Å²) in [5.74, 6) is 0.222. The topological polar surface area (TPSA) is 46.3 Å². The highest BCUT2D eigenvalue weighted by Gasteiger charge is 2.26. The van der Waals surface area contributed by atoms with E-state index < -0.39 is 0 Å². The van der Waals surface area contributed by atoms with Crippen LogP contribution in [0.1, 0.15) is 30.9 Å². The first kappa shape index (κ1) is 13.1.